The van der Waals surface area contributed by atoms with Crippen LogP contribution in [0.4, 0.5) is 11.4 Å². The summed E-state index contributed by atoms with van der Waals surface area (Å²) in [6.07, 6.45) is -0.584. The molecule has 0 heterocycles. The minimum Gasteiger partial charge on any atom is -0.389 e. The largest absolute Gasteiger partial charge is 0.389 e. The van der Waals surface area contributed by atoms with Gasteiger partial charge in [0.1, 0.15) is 6.07 Å². The molecule has 0 aliphatic rings. The molecule has 0 aliphatic heterocycles. The Labute approximate surface area is 127 Å². The highest BCUT2D eigenvalue weighted by Gasteiger charge is 2.15. The molecule has 4 heteroatoms. The Morgan fingerprint density at radius 2 is 1.90 bits per heavy atom. The molecule has 0 saturated carbocycles. The highest BCUT2D eigenvalue weighted by Crippen LogP contribution is 2.34. The molecule has 1 N–H and O–H groups in total. The molecular weight excluding hydrogens is 316 g/mol. The minimum absolute atomic E-state index is 0.584. The number of nitrogens with zero attached hydrogens (tertiary/aromatic N) is 2. The van der Waals surface area contributed by atoms with Gasteiger partial charge in [0.25, 0.3) is 0 Å². The van der Waals surface area contributed by atoms with Gasteiger partial charge in [-0.3, -0.25) is 0 Å². The number of halogens is 1. The van der Waals surface area contributed by atoms with Gasteiger partial charge in [-0.25, -0.2) is 0 Å². The highest BCUT2D eigenvalue weighted by molar-refractivity contribution is 9.10. The summed E-state index contributed by atoms with van der Waals surface area (Å²) in [6, 6.07) is 15.4. The van der Waals surface area contributed by atoms with E-state index in [0.717, 1.165) is 21.4 Å². The lowest BCUT2D eigenvalue weighted by Gasteiger charge is -2.24. The van der Waals surface area contributed by atoms with Crippen molar-refractivity contribution in [2.24, 2.45) is 0 Å². The van der Waals surface area contributed by atoms with Gasteiger partial charge in [-0.2, -0.15) is 5.26 Å². The van der Waals surface area contributed by atoms with Crippen molar-refractivity contribution in [3.05, 3.63) is 58.1 Å². The first-order valence-corrected chi connectivity index (χ1v) is 7.04. The second kappa shape index (κ2) is 6.08. The van der Waals surface area contributed by atoms with E-state index in [1.165, 1.54) is 0 Å². The van der Waals surface area contributed by atoms with Gasteiger partial charge in [-0.05, 0) is 37.3 Å². The summed E-state index contributed by atoms with van der Waals surface area (Å²) in [4.78, 5) is 1.92. The number of hydrogen-bond donors (Lipinski definition) is 1. The van der Waals surface area contributed by atoms with Gasteiger partial charge in [0.2, 0.25) is 0 Å². The van der Waals surface area contributed by atoms with Gasteiger partial charge >= 0.3 is 0 Å². The molecule has 2 aromatic carbocycles. The molecule has 0 aliphatic carbocycles. The highest BCUT2D eigenvalue weighted by atomic mass is 79.9. The first-order chi connectivity index (χ1) is 9.54. The van der Waals surface area contributed by atoms with Crippen molar-refractivity contribution in [3.63, 3.8) is 0 Å². The Kier molecular flexibility index (Phi) is 4.43. The van der Waals surface area contributed by atoms with Crippen molar-refractivity contribution >= 4 is 27.3 Å². The number of para-hydroxylation sites is 1. The monoisotopic (exact) mass is 330 g/mol. The lowest BCUT2D eigenvalue weighted by molar-refractivity contribution is 0.199. The second-order valence-corrected chi connectivity index (χ2v) is 5.48. The topological polar surface area (TPSA) is 47.3 Å². The van der Waals surface area contributed by atoms with Crippen LogP contribution in [0.3, 0.4) is 0 Å². The van der Waals surface area contributed by atoms with Crippen LogP contribution in [0.15, 0.2) is 46.9 Å². The number of aliphatic hydroxyl groups is 1. The molecule has 0 radical (unpaired) electrons. The van der Waals surface area contributed by atoms with Gasteiger partial charge < -0.3 is 10.0 Å². The summed E-state index contributed by atoms with van der Waals surface area (Å²) in [5, 5.41) is 19.1. The average molecular weight is 331 g/mol. The van der Waals surface area contributed by atoms with Gasteiger partial charge in [-0.15, -0.1) is 0 Å². The standard InChI is InChI=1S/C16H15BrN2O/c1-11(20)14-9-13(17)7-8-16(14)19(2)15-6-4-3-5-12(15)10-18/h3-9,11,20H,1-2H3. The Hall–Kier alpha value is -1.83. The van der Waals surface area contributed by atoms with Crippen LogP contribution in [-0.2, 0) is 0 Å². The predicted molar refractivity (Wildman–Crippen MR) is 84.0 cm³/mol. The lowest BCUT2D eigenvalue weighted by Crippen LogP contribution is -2.14. The summed E-state index contributed by atoms with van der Waals surface area (Å²) in [7, 11) is 1.89. The molecule has 0 amide bonds. The van der Waals surface area contributed by atoms with Crippen molar-refractivity contribution in [1.29, 1.82) is 5.26 Å². The molecule has 0 spiro atoms. The van der Waals surface area contributed by atoms with Crippen LogP contribution in [-0.4, -0.2) is 12.2 Å². The third-order valence-electron chi connectivity index (χ3n) is 3.19. The van der Waals surface area contributed by atoms with Crippen LogP contribution < -0.4 is 4.90 Å². The van der Waals surface area contributed by atoms with Crippen LogP contribution in [0.25, 0.3) is 0 Å². The lowest BCUT2D eigenvalue weighted by atomic mass is 10.1. The summed E-state index contributed by atoms with van der Waals surface area (Å²) >= 11 is 3.42. The van der Waals surface area contributed by atoms with E-state index in [2.05, 4.69) is 22.0 Å². The van der Waals surface area contributed by atoms with Crippen LogP contribution in [0.5, 0.6) is 0 Å². The normalized spacial score (nSPS) is 11.8. The molecule has 2 rings (SSSR count). The van der Waals surface area contributed by atoms with Crippen molar-refractivity contribution < 1.29 is 5.11 Å². The fourth-order valence-corrected chi connectivity index (χ4v) is 2.53. The second-order valence-electron chi connectivity index (χ2n) is 4.57. The average Bonchev–Trinajstić information content (AvgIpc) is 2.46. The van der Waals surface area contributed by atoms with E-state index >= 15 is 0 Å². The summed E-state index contributed by atoms with van der Waals surface area (Å²) in [5.74, 6) is 0. The summed E-state index contributed by atoms with van der Waals surface area (Å²) in [5.41, 5.74) is 3.12. The van der Waals surface area contributed by atoms with E-state index in [-0.39, 0.29) is 0 Å². The zero-order valence-corrected chi connectivity index (χ0v) is 12.9. The Morgan fingerprint density at radius 3 is 2.55 bits per heavy atom. The first-order valence-electron chi connectivity index (χ1n) is 6.25. The maximum Gasteiger partial charge on any atom is 0.101 e. The van der Waals surface area contributed by atoms with Gasteiger partial charge in [0.15, 0.2) is 0 Å². The van der Waals surface area contributed by atoms with E-state index in [4.69, 9.17) is 0 Å². The maximum atomic E-state index is 9.94. The van der Waals surface area contributed by atoms with Crippen LogP contribution in [0.2, 0.25) is 0 Å². The van der Waals surface area contributed by atoms with Crippen LogP contribution in [0, 0.1) is 11.3 Å². The zero-order chi connectivity index (χ0) is 14.7. The number of rotatable bonds is 3. The number of aliphatic hydroxyl groups excluding tert-OH is 1. The molecule has 0 fully saturated rings. The number of nitriles is 1. The van der Waals surface area contributed by atoms with Crippen molar-refractivity contribution in [1.82, 2.24) is 0 Å². The van der Waals surface area contributed by atoms with E-state index in [1.54, 1.807) is 13.0 Å². The Balaban J connectivity index is 2.54. The number of hydrogen-bond acceptors (Lipinski definition) is 3. The summed E-state index contributed by atoms with van der Waals surface area (Å²) in [6.45, 7) is 1.73. The van der Waals surface area contributed by atoms with E-state index < -0.39 is 6.10 Å². The molecule has 0 saturated heterocycles. The van der Waals surface area contributed by atoms with E-state index in [0.29, 0.717) is 5.56 Å². The molecule has 0 aromatic heterocycles. The molecule has 2 aromatic rings. The van der Waals surface area contributed by atoms with Crippen molar-refractivity contribution in [3.8, 4) is 6.07 Å². The molecule has 1 atom stereocenters. The molecule has 1 unspecified atom stereocenters. The SMILES string of the molecule is CC(O)c1cc(Br)ccc1N(C)c1ccccc1C#N. The van der Waals surface area contributed by atoms with Crippen LogP contribution in [0.1, 0.15) is 24.2 Å². The molecular formula is C16H15BrN2O. The third-order valence-corrected chi connectivity index (χ3v) is 3.68. The molecule has 102 valence electrons. The summed E-state index contributed by atoms with van der Waals surface area (Å²) < 4.78 is 0.916. The molecule has 3 nitrogen and oxygen atoms in total. The number of anilines is 2. The van der Waals surface area contributed by atoms with Gasteiger partial charge in [0, 0.05) is 22.8 Å². The van der Waals surface area contributed by atoms with Gasteiger partial charge in [-0.1, -0.05) is 28.1 Å². The Bertz CT molecular complexity index is 662. The van der Waals surface area contributed by atoms with Crippen LogP contribution >= 0.6 is 15.9 Å². The minimum atomic E-state index is -0.584. The molecule has 20 heavy (non-hydrogen) atoms. The Morgan fingerprint density at radius 1 is 1.20 bits per heavy atom. The van der Waals surface area contributed by atoms with Gasteiger partial charge in [0.05, 0.1) is 17.4 Å². The van der Waals surface area contributed by atoms with E-state index in [1.807, 2.05) is 48.3 Å². The quantitative estimate of drug-likeness (QED) is 0.919. The predicted octanol–water partition coefficient (Wildman–Crippen LogP) is 4.14. The maximum absolute atomic E-state index is 9.94. The van der Waals surface area contributed by atoms with Crippen molar-refractivity contribution in [2.75, 3.05) is 11.9 Å². The fraction of sp³-hybridized carbons (Fsp3) is 0.188. The fourth-order valence-electron chi connectivity index (χ4n) is 2.16. The third kappa shape index (κ3) is 2.84. The zero-order valence-electron chi connectivity index (χ0n) is 11.3. The number of benzene rings is 2. The smallest absolute Gasteiger partial charge is 0.101 e. The molecule has 0 bridgehead atoms. The van der Waals surface area contributed by atoms with E-state index in [9.17, 15) is 10.4 Å². The van der Waals surface area contributed by atoms with Crippen molar-refractivity contribution in [2.45, 2.75) is 13.0 Å². The first kappa shape index (κ1) is 14.6.